The van der Waals surface area contributed by atoms with E-state index in [0.29, 0.717) is 0 Å². The first-order chi connectivity index (χ1) is 9.73. The summed E-state index contributed by atoms with van der Waals surface area (Å²) in [5.41, 5.74) is 0. The van der Waals surface area contributed by atoms with E-state index in [0.717, 1.165) is 5.92 Å². The predicted octanol–water partition coefficient (Wildman–Crippen LogP) is 9.87. The van der Waals surface area contributed by atoms with Gasteiger partial charge in [0.2, 0.25) is 0 Å². The summed E-state index contributed by atoms with van der Waals surface area (Å²) in [4.78, 5) is 0. The smallest absolute Gasteiger partial charge is 0.0500 e. The number of hydrogen-bond donors (Lipinski definition) is 0. The van der Waals surface area contributed by atoms with Crippen LogP contribution < -0.4 is 0 Å². The zero-order valence-electron chi connectivity index (χ0n) is 19.6. The van der Waals surface area contributed by atoms with Gasteiger partial charge in [0.05, 0.1) is 0 Å². The molecule has 0 fully saturated rings. The second-order valence-corrected chi connectivity index (χ2v) is 1.73. The van der Waals surface area contributed by atoms with Crippen LogP contribution in [0.2, 0.25) is 0 Å². The van der Waals surface area contributed by atoms with Crippen LogP contribution in [0.1, 0.15) is 132 Å². The average Bonchev–Trinajstić information content (AvgIpc) is 2.61. The van der Waals surface area contributed by atoms with Crippen LogP contribution in [0.4, 0.5) is 0 Å². The Morgan fingerprint density at radius 3 is 0.250 bits per heavy atom. The molecular formula is C20H58. The monoisotopic (exact) mass is 298 g/mol. The topological polar surface area (TPSA) is 0 Å². The molecule has 0 radical (unpaired) electrons. The summed E-state index contributed by atoms with van der Waals surface area (Å²) in [5, 5.41) is 0. The van der Waals surface area contributed by atoms with Crippen molar-refractivity contribution >= 4 is 0 Å². The van der Waals surface area contributed by atoms with Crippen molar-refractivity contribution in [2.45, 2.75) is 132 Å². The zero-order chi connectivity index (χ0) is 19.6. The minimum absolute atomic E-state index is 0.833. The molecule has 0 aliphatic heterocycles. The molecular weight excluding hydrogens is 240 g/mol. The van der Waals surface area contributed by atoms with Gasteiger partial charge in [-0.15, -0.1) is 0 Å². The quantitative estimate of drug-likeness (QED) is 0.417. The van der Waals surface area contributed by atoms with Crippen molar-refractivity contribution in [1.29, 1.82) is 0 Å². The van der Waals surface area contributed by atoms with Crippen molar-refractivity contribution in [3.05, 3.63) is 0 Å². The lowest BCUT2D eigenvalue weighted by atomic mass is 10.3. The second-order valence-electron chi connectivity index (χ2n) is 1.73. The van der Waals surface area contributed by atoms with Crippen molar-refractivity contribution in [3.8, 4) is 0 Å². The normalized spacial score (nSPS) is 4.20. The minimum atomic E-state index is 0.833. The molecule has 0 bridgehead atoms. The van der Waals surface area contributed by atoms with Crippen LogP contribution in [0.25, 0.3) is 0 Å². The molecule has 0 amide bonds. The Morgan fingerprint density at radius 1 is 0.250 bits per heavy atom. The lowest BCUT2D eigenvalue weighted by Gasteiger charge is -1.79. The van der Waals surface area contributed by atoms with Gasteiger partial charge in [0, 0.05) is 0 Å². The standard InChI is InChI=1S/C4H10.8C2H6/c1-4(2)3;8*1-2/h4H,1-3H3;8*1-2H3. The maximum absolute atomic E-state index is 2.17. The van der Waals surface area contributed by atoms with Crippen LogP contribution in [0.3, 0.4) is 0 Å². The van der Waals surface area contributed by atoms with Crippen molar-refractivity contribution in [1.82, 2.24) is 0 Å². The number of hydrogen-bond acceptors (Lipinski definition) is 0. The number of rotatable bonds is 0. The molecule has 0 saturated carbocycles. The summed E-state index contributed by atoms with van der Waals surface area (Å²) in [5.74, 6) is 0.833. The second kappa shape index (κ2) is 684. The first-order valence-electron chi connectivity index (χ1n) is 9.73. The van der Waals surface area contributed by atoms with Gasteiger partial charge in [-0.2, -0.15) is 0 Å². The summed E-state index contributed by atoms with van der Waals surface area (Å²) in [6.07, 6.45) is 0. The lowest BCUT2D eigenvalue weighted by molar-refractivity contribution is 0.737. The third-order valence-corrected chi connectivity index (χ3v) is 0. The Bertz CT molecular complexity index is 4.75. The van der Waals surface area contributed by atoms with E-state index in [1.807, 2.05) is 111 Å². The molecule has 138 valence electrons. The Hall–Kier alpha value is 0. The SMILES string of the molecule is CC.CC.CC.CC.CC.CC.CC.CC.CC(C)C. The minimum Gasteiger partial charge on any atom is -0.0683 e. The molecule has 20 heavy (non-hydrogen) atoms. The van der Waals surface area contributed by atoms with Crippen LogP contribution in [0, 0.1) is 5.92 Å². The first-order valence-corrected chi connectivity index (χ1v) is 9.73. The molecule has 0 N–H and O–H groups in total. The van der Waals surface area contributed by atoms with E-state index in [1.54, 1.807) is 0 Å². The van der Waals surface area contributed by atoms with Crippen LogP contribution in [0.5, 0.6) is 0 Å². The molecule has 0 aliphatic rings. The Balaban J connectivity index is -0.00000000993. The third kappa shape index (κ3) is 0. The Morgan fingerprint density at radius 2 is 0.250 bits per heavy atom. The van der Waals surface area contributed by atoms with Gasteiger partial charge in [-0.05, 0) is 5.92 Å². The van der Waals surface area contributed by atoms with Crippen molar-refractivity contribution in [2.24, 2.45) is 5.92 Å². The fourth-order valence-corrected chi connectivity index (χ4v) is 0. The molecule has 0 heterocycles. The molecule has 0 aromatic heterocycles. The van der Waals surface area contributed by atoms with E-state index in [9.17, 15) is 0 Å². The summed E-state index contributed by atoms with van der Waals surface area (Å²) in [6, 6.07) is 0. The predicted molar refractivity (Wildman–Crippen MR) is 111 cm³/mol. The van der Waals surface area contributed by atoms with E-state index in [4.69, 9.17) is 0 Å². The Labute approximate surface area is 138 Å². The molecule has 0 spiro atoms. The summed E-state index contributed by atoms with van der Waals surface area (Å²) >= 11 is 0. The fourth-order valence-electron chi connectivity index (χ4n) is 0. The average molecular weight is 299 g/mol. The zero-order valence-corrected chi connectivity index (χ0v) is 19.6. The van der Waals surface area contributed by atoms with E-state index in [1.165, 1.54) is 0 Å². The van der Waals surface area contributed by atoms with E-state index < -0.39 is 0 Å². The van der Waals surface area contributed by atoms with Gasteiger partial charge in [-0.25, -0.2) is 0 Å². The molecule has 0 saturated heterocycles. The molecule has 0 aromatic carbocycles. The maximum Gasteiger partial charge on any atom is -0.0500 e. The van der Waals surface area contributed by atoms with Gasteiger partial charge in [-0.3, -0.25) is 0 Å². The highest BCUT2D eigenvalue weighted by Gasteiger charge is 1.68. The van der Waals surface area contributed by atoms with E-state index >= 15 is 0 Å². The summed E-state index contributed by atoms with van der Waals surface area (Å²) in [6.45, 7) is 38.5. The molecule has 0 nitrogen and oxygen atoms in total. The lowest BCUT2D eigenvalue weighted by Crippen LogP contribution is -1.66. The van der Waals surface area contributed by atoms with Gasteiger partial charge in [0.1, 0.15) is 0 Å². The van der Waals surface area contributed by atoms with Crippen LogP contribution >= 0.6 is 0 Å². The van der Waals surface area contributed by atoms with E-state index in [-0.39, 0.29) is 0 Å². The molecule has 0 atom stereocenters. The molecule has 0 unspecified atom stereocenters. The van der Waals surface area contributed by atoms with Gasteiger partial charge in [-0.1, -0.05) is 132 Å². The molecule has 0 heteroatoms. The third-order valence-electron chi connectivity index (χ3n) is 0. The van der Waals surface area contributed by atoms with Gasteiger partial charge >= 0.3 is 0 Å². The molecule has 0 aromatic rings. The molecule has 0 aliphatic carbocycles. The maximum atomic E-state index is 2.17. The van der Waals surface area contributed by atoms with Crippen LogP contribution in [0.15, 0.2) is 0 Å². The van der Waals surface area contributed by atoms with Crippen molar-refractivity contribution in [3.63, 3.8) is 0 Å². The summed E-state index contributed by atoms with van der Waals surface area (Å²) < 4.78 is 0. The van der Waals surface area contributed by atoms with E-state index in [2.05, 4.69) is 20.8 Å². The van der Waals surface area contributed by atoms with Crippen molar-refractivity contribution < 1.29 is 0 Å². The van der Waals surface area contributed by atoms with Gasteiger partial charge in [0.15, 0.2) is 0 Å². The molecule has 0 rings (SSSR count). The highest BCUT2D eigenvalue weighted by atomic mass is 13.7. The van der Waals surface area contributed by atoms with Crippen molar-refractivity contribution in [2.75, 3.05) is 0 Å². The highest BCUT2D eigenvalue weighted by molar-refractivity contribution is 4.20. The first kappa shape index (κ1) is 59.7. The van der Waals surface area contributed by atoms with Crippen LogP contribution in [-0.2, 0) is 0 Å². The van der Waals surface area contributed by atoms with Gasteiger partial charge in [0.25, 0.3) is 0 Å². The fraction of sp³-hybridized carbons (Fsp3) is 1.00. The summed E-state index contributed by atoms with van der Waals surface area (Å²) in [7, 11) is 0. The van der Waals surface area contributed by atoms with Gasteiger partial charge < -0.3 is 0 Å². The van der Waals surface area contributed by atoms with Crippen LogP contribution in [-0.4, -0.2) is 0 Å². The Kier molecular flexibility index (Phi) is 2040. The largest absolute Gasteiger partial charge is 0.0683 e. The highest BCUT2D eigenvalue weighted by Crippen LogP contribution is 1.81.